The van der Waals surface area contributed by atoms with Crippen LogP contribution in [0.3, 0.4) is 0 Å². The van der Waals surface area contributed by atoms with Gasteiger partial charge in [0.15, 0.2) is 0 Å². The summed E-state index contributed by atoms with van der Waals surface area (Å²) in [5.74, 6) is 1.09. The normalized spacial score (nSPS) is 20.5. The van der Waals surface area contributed by atoms with E-state index in [9.17, 15) is 0 Å². The molecular formula is C22H36O4. The molecule has 1 aromatic rings. The van der Waals surface area contributed by atoms with Crippen LogP contribution >= 0.6 is 0 Å². The van der Waals surface area contributed by atoms with Crippen molar-refractivity contribution in [1.29, 1.82) is 0 Å². The van der Waals surface area contributed by atoms with Crippen molar-refractivity contribution in [2.75, 3.05) is 41.7 Å². The first kappa shape index (κ1) is 21.4. The Morgan fingerprint density at radius 2 is 1.42 bits per heavy atom. The maximum atomic E-state index is 6.06. The van der Waals surface area contributed by atoms with E-state index < -0.39 is 0 Å². The van der Waals surface area contributed by atoms with E-state index in [1.54, 1.807) is 28.4 Å². The van der Waals surface area contributed by atoms with Gasteiger partial charge in [0.25, 0.3) is 0 Å². The Hall–Kier alpha value is -0.940. The summed E-state index contributed by atoms with van der Waals surface area (Å²) in [7, 11) is 7.12. The maximum absolute atomic E-state index is 6.06. The van der Waals surface area contributed by atoms with E-state index in [2.05, 4.69) is 24.3 Å². The largest absolute Gasteiger partial charge is 0.384 e. The minimum absolute atomic E-state index is 0.0246. The van der Waals surface area contributed by atoms with Gasteiger partial charge >= 0.3 is 0 Å². The smallest absolute Gasteiger partial charge is 0.0926 e. The van der Waals surface area contributed by atoms with E-state index >= 15 is 0 Å². The van der Waals surface area contributed by atoms with Gasteiger partial charge in [0.2, 0.25) is 0 Å². The Morgan fingerprint density at radius 3 is 1.96 bits per heavy atom. The molecule has 26 heavy (non-hydrogen) atoms. The molecule has 0 N–H and O–H groups in total. The molecule has 0 heterocycles. The van der Waals surface area contributed by atoms with Crippen LogP contribution in [0.1, 0.15) is 43.6 Å². The molecule has 0 bridgehead atoms. The fourth-order valence-corrected chi connectivity index (χ4v) is 4.59. The summed E-state index contributed by atoms with van der Waals surface area (Å²) in [5, 5.41) is 0. The predicted molar refractivity (Wildman–Crippen MR) is 105 cm³/mol. The Kier molecular flexibility index (Phi) is 9.62. The first-order chi connectivity index (χ1) is 12.8. The third-order valence-corrected chi connectivity index (χ3v) is 5.88. The standard InChI is InChI=1S/C22H36O4/c1-23-15-19(17-11-7-5-8-12-17)21(25-3)22(26-4)20(16-24-2)18-13-9-6-10-14-18/h5,7-8,11-12,18-22H,6,9-10,13-16H2,1-4H3. The molecule has 0 aromatic heterocycles. The number of rotatable bonds is 11. The van der Waals surface area contributed by atoms with Crippen LogP contribution in [0.2, 0.25) is 0 Å². The van der Waals surface area contributed by atoms with Gasteiger partial charge in [-0.15, -0.1) is 0 Å². The molecule has 0 amide bonds. The summed E-state index contributed by atoms with van der Waals surface area (Å²) in [5.41, 5.74) is 1.23. The Labute approximate surface area is 159 Å². The summed E-state index contributed by atoms with van der Waals surface area (Å²) in [6.07, 6.45) is 6.36. The van der Waals surface area contributed by atoms with Crippen LogP contribution in [0.25, 0.3) is 0 Å². The second-order valence-corrected chi connectivity index (χ2v) is 7.39. The van der Waals surface area contributed by atoms with E-state index in [1.165, 1.54) is 37.7 Å². The van der Waals surface area contributed by atoms with Gasteiger partial charge in [0.1, 0.15) is 0 Å². The van der Waals surface area contributed by atoms with Gasteiger partial charge < -0.3 is 18.9 Å². The first-order valence-corrected chi connectivity index (χ1v) is 9.85. The molecule has 0 radical (unpaired) electrons. The molecule has 1 aromatic carbocycles. The SMILES string of the molecule is COCC(c1ccccc1)C(OC)C(OC)C(COC)C1CCCCC1. The van der Waals surface area contributed by atoms with Crippen LogP contribution in [0.15, 0.2) is 30.3 Å². The number of hydrogen-bond donors (Lipinski definition) is 0. The molecule has 4 heteroatoms. The summed E-state index contributed by atoms with van der Waals surface area (Å²) >= 11 is 0. The summed E-state index contributed by atoms with van der Waals surface area (Å²) < 4.78 is 23.3. The quantitative estimate of drug-likeness (QED) is 0.587. The molecule has 4 nitrogen and oxygen atoms in total. The van der Waals surface area contributed by atoms with E-state index in [4.69, 9.17) is 18.9 Å². The molecule has 1 aliphatic rings. The number of ether oxygens (including phenoxy) is 4. The highest BCUT2D eigenvalue weighted by Gasteiger charge is 2.39. The highest BCUT2D eigenvalue weighted by Crippen LogP contribution is 2.37. The molecular weight excluding hydrogens is 328 g/mol. The number of hydrogen-bond acceptors (Lipinski definition) is 4. The van der Waals surface area contributed by atoms with Gasteiger partial charge in [-0.1, -0.05) is 49.6 Å². The van der Waals surface area contributed by atoms with E-state index in [0.29, 0.717) is 25.0 Å². The molecule has 148 valence electrons. The lowest BCUT2D eigenvalue weighted by molar-refractivity contribution is -0.111. The van der Waals surface area contributed by atoms with Crippen LogP contribution in [-0.4, -0.2) is 53.9 Å². The second kappa shape index (κ2) is 11.7. The van der Waals surface area contributed by atoms with Gasteiger partial charge in [0, 0.05) is 40.3 Å². The molecule has 1 aliphatic carbocycles. The van der Waals surface area contributed by atoms with Crippen LogP contribution in [0.5, 0.6) is 0 Å². The minimum atomic E-state index is -0.0792. The highest BCUT2D eigenvalue weighted by molar-refractivity contribution is 5.21. The lowest BCUT2D eigenvalue weighted by Crippen LogP contribution is -2.46. The molecule has 4 unspecified atom stereocenters. The zero-order valence-electron chi connectivity index (χ0n) is 16.9. The van der Waals surface area contributed by atoms with E-state index in [0.717, 1.165) is 0 Å². The zero-order valence-corrected chi connectivity index (χ0v) is 16.9. The van der Waals surface area contributed by atoms with Crippen molar-refractivity contribution in [2.24, 2.45) is 11.8 Å². The van der Waals surface area contributed by atoms with Crippen LogP contribution in [0, 0.1) is 11.8 Å². The summed E-state index contributed by atoms with van der Waals surface area (Å²) in [6.45, 7) is 1.31. The second-order valence-electron chi connectivity index (χ2n) is 7.39. The topological polar surface area (TPSA) is 36.9 Å². The number of methoxy groups -OCH3 is 4. The van der Waals surface area contributed by atoms with Gasteiger partial charge in [-0.2, -0.15) is 0 Å². The van der Waals surface area contributed by atoms with E-state index in [1.807, 2.05) is 6.07 Å². The fraction of sp³-hybridized carbons (Fsp3) is 0.727. The van der Waals surface area contributed by atoms with Crippen LogP contribution in [-0.2, 0) is 18.9 Å². The molecule has 1 fully saturated rings. The van der Waals surface area contributed by atoms with Gasteiger partial charge in [0.05, 0.1) is 25.4 Å². The zero-order chi connectivity index (χ0) is 18.8. The lowest BCUT2D eigenvalue weighted by atomic mass is 9.74. The maximum Gasteiger partial charge on any atom is 0.0926 e. The number of benzene rings is 1. The molecule has 2 rings (SSSR count). The van der Waals surface area contributed by atoms with E-state index in [-0.39, 0.29) is 18.1 Å². The highest BCUT2D eigenvalue weighted by atomic mass is 16.5. The average molecular weight is 365 g/mol. The minimum Gasteiger partial charge on any atom is -0.384 e. The Bertz CT molecular complexity index is 472. The molecule has 0 spiro atoms. The monoisotopic (exact) mass is 364 g/mol. The Morgan fingerprint density at radius 1 is 0.808 bits per heavy atom. The molecule has 0 aliphatic heterocycles. The predicted octanol–water partition coefficient (Wildman–Crippen LogP) is 4.29. The van der Waals surface area contributed by atoms with Crippen molar-refractivity contribution in [1.82, 2.24) is 0 Å². The molecule has 4 atom stereocenters. The molecule has 1 saturated carbocycles. The first-order valence-electron chi connectivity index (χ1n) is 9.85. The van der Waals surface area contributed by atoms with Crippen molar-refractivity contribution in [2.45, 2.75) is 50.2 Å². The third-order valence-electron chi connectivity index (χ3n) is 5.88. The summed E-state index contributed by atoms with van der Waals surface area (Å²) in [4.78, 5) is 0. The van der Waals surface area contributed by atoms with Crippen LogP contribution in [0.4, 0.5) is 0 Å². The van der Waals surface area contributed by atoms with Crippen molar-refractivity contribution in [3.63, 3.8) is 0 Å². The van der Waals surface area contributed by atoms with Crippen molar-refractivity contribution in [3.8, 4) is 0 Å². The van der Waals surface area contributed by atoms with Crippen molar-refractivity contribution >= 4 is 0 Å². The van der Waals surface area contributed by atoms with Gasteiger partial charge in [-0.3, -0.25) is 0 Å². The van der Waals surface area contributed by atoms with Crippen molar-refractivity contribution in [3.05, 3.63) is 35.9 Å². The van der Waals surface area contributed by atoms with Crippen molar-refractivity contribution < 1.29 is 18.9 Å². The molecule has 0 saturated heterocycles. The third kappa shape index (κ3) is 5.53. The average Bonchev–Trinajstić information content (AvgIpc) is 2.70. The van der Waals surface area contributed by atoms with Crippen LogP contribution < -0.4 is 0 Å². The summed E-state index contributed by atoms with van der Waals surface area (Å²) in [6, 6.07) is 10.5. The lowest BCUT2D eigenvalue weighted by Gasteiger charge is -2.40. The fourth-order valence-electron chi connectivity index (χ4n) is 4.59. The van der Waals surface area contributed by atoms with Gasteiger partial charge in [-0.05, 0) is 24.3 Å². The Balaban J connectivity index is 2.28. The van der Waals surface area contributed by atoms with Gasteiger partial charge in [-0.25, -0.2) is 0 Å².